The average Bonchev–Trinajstić information content (AvgIpc) is 3.05. The van der Waals surface area contributed by atoms with Crippen molar-refractivity contribution in [2.75, 3.05) is 62.7 Å². The Bertz CT molecular complexity index is 857. The topological polar surface area (TPSA) is 75.4 Å². The van der Waals surface area contributed by atoms with Crippen LogP contribution in [-0.4, -0.2) is 63.3 Å². The Kier molecular flexibility index (Phi) is 9.73. The number of aliphatic imine (C=N–C) groups is 1. The largest absolute Gasteiger partial charge is 0.490 e. The van der Waals surface area contributed by atoms with Crippen LogP contribution in [0.15, 0.2) is 53.5 Å². The summed E-state index contributed by atoms with van der Waals surface area (Å²) in [4.78, 5) is 9.48. The molecule has 1 saturated heterocycles. The summed E-state index contributed by atoms with van der Waals surface area (Å²) < 4.78 is 11.4. The molecule has 0 spiro atoms. The van der Waals surface area contributed by atoms with Gasteiger partial charge in [0.15, 0.2) is 17.5 Å². The molecule has 2 heterocycles. The van der Waals surface area contributed by atoms with Crippen LogP contribution in [0.1, 0.15) is 19.3 Å². The number of fused-ring (bicyclic) bond motifs is 1. The molecule has 0 aromatic heterocycles. The zero-order valence-corrected chi connectivity index (χ0v) is 20.9. The van der Waals surface area contributed by atoms with E-state index in [1.54, 1.807) is 0 Å². The van der Waals surface area contributed by atoms with Gasteiger partial charge in [0.1, 0.15) is 0 Å². The molecule has 0 radical (unpaired) electrons. The third-order valence-corrected chi connectivity index (χ3v) is 5.68. The van der Waals surface area contributed by atoms with E-state index >= 15 is 0 Å². The standard InChI is InChI=1S/C24H33N5O2.HI/c25-24(27-20-9-10-22-23(19-20)31-18-6-17-30-22)26-11-4-5-12-28-13-15-29(16-14-28)21-7-2-1-3-8-21;/h1-3,7-10,19H,4-6,11-18H2,(H3,25,26,27);1H. The first kappa shape index (κ1) is 24.4. The molecule has 3 N–H and O–H groups in total. The van der Waals surface area contributed by atoms with Crippen molar-refractivity contribution in [3.63, 3.8) is 0 Å². The molecule has 7 nitrogen and oxygen atoms in total. The van der Waals surface area contributed by atoms with Gasteiger partial charge in [-0.3, -0.25) is 9.89 Å². The summed E-state index contributed by atoms with van der Waals surface area (Å²) in [6.45, 7) is 7.62. The van der Waals surface area contributed by atoms with Crippen LogP contribution < -0.4 is 25.4 Å². The summed E-state index contributed by atoms with van der Waals surface area (Å²) in [6.07, 6.45) is 3.05. The van der Waals surface area contributed by atoms with E-state index in [0.29, 0.717) is 19.2 Å². The van der Waals surface area contributed by atoms with E-state index in [1.807, 2.05) is 18.2 Å². The Morgan fingerprint density at radius 3 is 2.47 bits per heavy atom. The molecule has 8 heteroatoms. The first-order chi connectivity index (χ1) is 15.3. The second-order valence-corrected chi connectivity index (χ2v) is 7.98. The molecule has 0 amide bonds. The summed E-state index contributed by atoms with van der Waals surface area (Å²) in [5, 5.41) is 3.15. The minimum Gasteiger partial charge on any atom is -0.490 e. The SMILES string of the molecule is I.NC(=NCCCCN1CCN(c2ccccc2)CC1)Nc1ccc2c(c1)OCCCO2. The molecule has 0 aliphatic carbocycles. The number of para-hydroxylation sites is 1. The van der Waals surface area contributed by atoms with Gasteiger partial charge in [-0.15, -0.1) is 24.0 Å². The van der Waals surface area contributed by atoms with Crippen LogP contribution >= 0.6 is 24.0 Å². The van der Waals surface area contributed by atoms with E-state index in [-0.39, 0.29) is 24.0 Å². The molecule has 2 aliphatic rings. The number of unbranched alkanes of at least 4 members (excludes halogenated alkanes) is 1. The monoisotopic (exact) mass is 551 g/mol. The van der Waals surface area contributed by atoms with Crippen molar-refractivity contribution >= 4 is 41.3 Å². The number of ether oxygens (including phenoxy) is 2. The van der Waals surface area contributed by atoms with E-state index in [2.05, 4.69) is 50.4 Å². The number of nitrogens with two attached hydrogens (primary N) is 1. The lowest BCUT2D eigenvalue weighted by Crippen LogP contribution is -2.46. The highest BCUT2D eigenvalue weighted by Crippen LogP contribution is 2.32. The highest BCUT2D eigenvalue weighted by molar-refractivity contribution is 14.0. The van der Waals surface area contributed by atoms with Gasteiger partial charge in [0, 0.05) is 56.6 Å². The average molecular weight is 551 g/mol. The molecule has 2 aliphatic heterocycles. The molecule has 0 bridgehead atoms. The van der Waals surface area contributed by atoms with Gasteiger partial charge in [0.25, 0.3) is 0 Å². The number of rotatable bonds is 7. The highest BCUT2D eigenvalue weighted by atomic mass is 127. The molecule has 0 atom stereocenters. The highest BCUT2D eigenvalue weighted by Gasteiger charge is 2.16. The second kappa shape index (κ2) is 12.7. The lowest BCUT2D eigenvalue weighted by molar-refractivity contribution is 0.253. The molecule has 1 fully saturated rings. The van der Waals surface area contributed by atoms with Gasteiger partial charge < -0.3 is 25.4 Å². The molecule has 2 aromatic rings. The van der Waals surface area contributed by atoms with Gasteiger partial charge in [-0.25, -0.2) is 0 Å². The van der Waals surface area contributed by atoms with Gasteiger partial charge in [0.05, 0.1) is 13.2 Å². The molecule has 0 saturated carbocycles. The molecular formula is C24H34IN5O2. The Labute approximate surface area is 208 Å². The van der Waals surface area contributed by atoms with Gasteiger partial charge in [0.2, 0.25) is 0 Å². The van der Waals surface area contributed by atoms with Crippen molar-refractivity contribution in [3.8, 4) is 11.5 Å². The third kappa shape index (κ3) is 7.16. The lowest BCUT2D eigenvalue weighted by Gasteiger charge is -2.36. The summed E-state index contributed by atoms with van der Waals surface area (Å²) in [5.41, 5.74) is 8.25. The number of anilines is 2. The summed E-state index contributed by atoms with van der Waals surface area (Å²) in [6, 6.07) is 16.4. The summed E-state index contributed by atoms with van der Waals surface area (Å²) >= 11 is 0. The molecule has 174 valence electrons. The van der Waals surface area contributed by atoms with E-state index in [0.717, 1.165) is 75.7 Å². The van der Waals surface area contributed by atoms with Crippen molar-refractivity contribution in [3.05, 3.63) is 48.5 Å². The third-order valence-electron chi connectivity index (χ3n) is 5.68. The molecule has 2 aromatic carbocycles. The number of hydrogen-bond donors (Lipinski definition) is 2. The minimum absolute atomic E-state index is 0. The predicted octanol–water partition coefficient (Wildman–Crippen LogP) is 3.79. The summed E-state index contributed by atoms with van der Waals surface area (Å²) in [5.74, 6) is 1.97. The van der Waals surface area contributed by atoms with Gasteiger partial charge in [-0.1, -0.05) is 18.2 Å². The van der Waals surface area contributed by atoms with Crippen LogP contribution in [0, 0.1) is 0 Å². The lowest BCUT2D eigenvalue weighted by atomic mass is 10.2. The maximum absolute atomic E-state index is 6.06. The van der Waals surface area contributed by atoms with Crippen molar-refractivity contribution in [2.24, 2.45) is 10.7 Å². The van der Waals surface area contributed by atoms with Crippen molar-refractivity contribution in [2.45, 2.75) is 19.3 Å². The van der Waals surface area contributed by atoms with E-state index in [1.165, 1.54) is 5.69 Å². The fourth-order valence-corrected chi connectivity index (χ4v) is 3.94. The van der Waals surface area contributed by atoms with E-state index < -0.39 is 0 Å². The normalized spacial score (nSPS) is 16.8. The Hall–Kier alpha value is -2.20. The number of nitrogens with zero attached hydrogens (tertiary/aromatic N) is 3. The van der Waals surface area contributed by atoms with Gasteiger partial charge in [-0.05, 0) is 43.7 Å². The van der Waals surface area contributed by atoms with E-state index in [4.69, 9.17) is 15.2 Å². The Morgan fingerprint density at radius 1 is 0.938 bits per heavy atom. The molecule has 0 unspecified atom stereocenters. The smallest absolute Gasteiger partial charge is 0.193 e. The number of hydrogen-bond acceptors (Lipinski definition) is 5. The van der Waals surface area contributed by atoms with Crippen molar-refractivity contribution in [1.82, 2.24) is 4.90 Å². The van der Waals surface area contributed by atoms with Crippen LogP contribution in [0.2, 0.25) is 0 Å². The van der Waals surface area contributed by atoms with Crippen LogP contribution in [0.3, 0.4) is 0 Å². The maximum Gasteiger partial charge on any atom is 0.193 e. The molecule has 32 heavy (non-hydrogen) atoms. The van der Waals surface area contributed by atoms with Crippen LogP contribution in [0.25, 0.3) is 0 Å². The number of halogens is 1. The maximum atomic E-state index is 6.06. The van der Waals surface area contributed by atoms with Gasteiger partial charge >= 0.3 is 0 Å². The minimum atomic E-state index is 0. The second-order valence-electron chi connectivity index (χ2n) is 7.98. The number of guanidine groups is 1. The van der Waals surface area contributed by atoms with Crippen molar-refractivity contribution in [1.29, 1.82) is 0 Å². The number of piperazine rings is 1. The summed E-state index contributed by atoms with van der Waals surface area (Å²) in [7, 11) is 0. The van der Waals surface area contributed by atoms with Gasteiger partial charge in [-0.2, -0.15) is 0 Å². The number of nitrogens with one attached hydrogen (secondary N) is 1. The molecule has 4 rings (SSSR count). The fraction of sp³-hybridized carbons (Fsp3) is 0.458. The predicted molar refractivity (Wildman–Crippen MR) is 142 cm³/mol. The fourth-order valence-electron chi connectivity index (χ4n) is 3.94. The van der Waals surface area contributed by atoms with Crippen LogP contribution in [0.5, 0.6) is 11.5 Å². The van der Waals surface area contributed by atoms with E-state index in [9.17, 15) is 0 Å². The van der Waals surface area contributed by atoms with Crippen molar-refractivity contribution < 1.29 is 9.47 Å². The first-order valence-electron chi connectivity index (χ1n) is 11.3. The first-order valence-corrected chi connectivity index (χ1v) is 11.3. The number of benzene rings is 2. The molecular weight excluding hydrogens is 517 g/mol. The Morgan fingerprint density at radius 2 is 1.69 bits per heavy atom. The quantitative estimate of drug-likeness (QED) is 0.236. The van der Waals surface area contributed by atoms with Crippen LogP contribution in [-0.2, 0) is 0 Å². The van der Waals surface area contributed by atoms with Crippen LogP contribution in [0.4, 0.5) is 11.4 Å². The zero-order chi connectivity index (χ0) is 21.3. The zero-order valence-electron chi connectivity index (χ0n) is 18.5. The Balaban J connectivity index is 0.00000289.